The number of hydrogen-bond donors (Lipinski definition) is 2. The van der Waals surface area contributed by atoms with E-state index in [2.05, 4.69) is 17.2 Å². The molecule has 1 aromatic heterocycles. The number of nitrogens with one attached hydrogen (secondary N) is 1. The summed E-state index contributed by atoms with van der Waals surface area (Å²) in [5.41, 5.74) is 9.13. The van der Waals surface area contributed by atoms with Crippen molar-refractivity contribution >= 4 is 33.1 Å². The summed E-state index contributed by atoms with van der Waals surface area (Å²) in [7, 11) is 0. The Morgan fingerprint density at radius 1 is 1.56 bits per heavy atom. The van der Waals surface area contributed by atoms with Gasteiger partial charge in [0.1, 0.15) is 0 Å². The van der Waals surface area contributed by atoms with Gasteiger partial charge in [0.05, 0.1) is 15.7 Å². The summed E-state index contributed by atoms with van der Waals surface area (Å²) in [4.78, 5) is 15.9. The molecule has 0 aliphatic rings. The third-order valence-electron chi connectivity index (χ3n) is 2.88. The van der Waals surface area contributed by atoms with Gasteiger partial charge in [0.15, 0.2) is 0 Å². The van der Waals surface area contributed by atoms with Crippen molar-refractivity contribution in [3.05, 3.63) is 23.7 Å². The third kappa shape index (κ3) is 3.27. The number of amides is 1. The Morgan fingerprint density at radius 3 is 3.17 bits per heavy atom. The fourth-order valence-corrected chi connectivity index (χ4v) is 2.37. The Hall–Kier alpha value is -1.46. The highest BCUT2D eigenvalue weighted by molar-refractivity contribution is 7.16. The number of rotatable bonds is 5. The minimum Gasteiger partial charge on any atom is -0.330 e. The van der Waals surface area contributed by atoms with E-state index in [0.717, 1.165) is 22.3 Å². The molecule has 0 aliphatic carbocycles. The molecule has 0 radical (unpaired) electrons. The minimum atomic E-state index is 0.0409. The molecule has 0 bridgehead atoms. The molecule has 1 aromatic carbocycles. The highest BCUT2D eigenvalue weighted by Crippen LogP contribution is 2.22. The number of benzene rings is 1. The number of thiazole rings is 1. The van der Waals surface area contributed by atoms with Crippen LogP contribution >= 0.6 is 11.3 Å². The van der Waals surface area contributed by atoms with E-state index in [4.69, 9.17) is 5.73 Å². The molecule has 1 atom stereocenters. The number of nitrogens with two attached hydrogens (primary N) is 1. The first-order chi connectivity index (χ1) is 8.69. The second kappa shape index (κ2) is 5.93. The molecule has 0 saturated heterocycles. The molecule has 18 heavy (non-hydrogen) atoms. The van der Waals surface area contributed by atoms with E-state index in [9.17, 15) is 4.79 Å². The van der Waals surface area contributed by atoms with Crippen molar-refractivity contribution in [2.45, 2.75) is 19.8 Å². The van der Waals surface area contributed by atoms with Gasteiger partial charge >= 0.3 is 0 Å². The summed E-state index contributed by atoms with van der Waals surface area (Å²) >= 11 is 1.57. The summed E-state index contributed by atoms with van der Waals surface area (Å²) < 4.78 is 1.09. The molecule has 5 heteroatoms. The predicted octanol–water partition coefficient (Wildman–Crippen LogP) is 2.61. The van der Waals surface area contributed by atoms with Crippen LogP contribution in [0.15, 0.2) is 23.7 Å². The maximum absolute atomic E-state index is 11.7. The first-order valence-corrected chi connectivity index (χ1v) is 6.90. The van der Waals surface area contributed by atoms with Gasteiger partial charge in [0, 0.05) is 12.1 Å². The van der Waals surface area contributed by atoms with Crippen LogP contribution in [0, 0.1) is 5.92 Å². The molecular formula is C13H17N3OS. The number of nitrogens with zero attached hydrogens (tertiary/aromatic N) is 1. The minimum absolute atomic E-state index is 0.0409. The SMILES string of the molecule is CC(CN)CCC(=O)Nc1ccc2ncsc2c1. The highest BCUT2D eigenvalue weighted by atomic mass is 32.1. The molecule has 1 amide bonds. The molecule has 2 aromatic rings. The zero-order valence-electron chi connectivity index (χ0n) is 10.3. The second-order valence-corrected chi connectivity index (χ2v) is 5.35. The van der Waals surface area contributed by atoms with Crippen LogP contribution in [0.1, 0.15) is 19.8 Å². The van der Waals surface area contributed by atoms with Crippen LogP contribution in [0.25, 0.3) is 10.2 Å². The molecule has 3 N–H and O–H groups in total. The molecule has 0 fully saturated rings. The lowest BCUT2D eigenvalue weighted by molar-refractivity contribution is -0.116. The van der Waals surface area contributed by atoms with Gasteiger partial charge in [-0.1, -0.05) is 6.92 Å². The monoisotopic (exact) mass is 263 g/mol. The molecule has 2 rings (SSSR count). The van der Waals surface area contributed by atoms with Crippen molar-refractivity contribution in [2.75, 3.05) is 11.9 Å². The van der Waals surface area contributed by atoms with Gasteiger partial charge in [-0.2, -0.15) is 0 Å². The predicted molar refractivity (Wildman–Crippen MR) is 75.7 cm³/mol. The molecule has 1 unspecified atom stereocenters. The molecule has 0 saturated carbocycles. The number of carbonyl (C=O) groups excluding carboxylic acids is 1. The summed E-state index contributed by atoms with van der Waals surface area (Å²) in [6.07, 6.45) is 1.34. The number of hydrogen-bond acceptors (Lipinski definition) is 4. The molecule has 0 spiro atoms. The topological polar surface area (TPSA) is 68.0 Å². The number of anilines is 1. The van der Waals surface area contributed by atoms with Crippen LogP contribution in [-0.4, -0.2) is 17.4 Å². The van der Waals surface area contributed by atoms with Crippen LogP contribution in [0.2, 0.25) is 0 Å². The van der Waals surface area contributed by atoms with Crippen LogP contribution in [0.4, 0.5) is 5.69 Å². The Balaban J connectivity index is 1.94. The summed E-state index contributed by atoms with van der Waals surface area (Å²) in [5.74, 6) is 0.430. The Bertz CT molecular complexity index is 538. The fraction of sp³-hybridized carbons (Fsp3) is 0.385. The number of aromatic nitrogens is 1. The van der Waals surface area contributed by atoms with Crippen molar-refractivity contribution in [3.8, 4) is 0 Å². The van der Waals surface area contributed by atoms with Gasteiger partial charge < -0.3 is 11.1 Å². The van der Waals surface area contributed by atoms with Gasteiger partial charge in [-0.3, -0.25) is 4.79 Å². The van der Waals surface area contributed by atoms with Crippen LogP contribution in [0.3, 0.4) is 0 Å². The van der Waals surface area contributed by atoms with Crippen molar-refractivity contribution in [3.63, 3.8) is 0 Å². The van der Waals surface area contributed by atoms with Crippen molar-refractivity contribution in [2.24, 2.45) is 11.7 Å². The van der Waals surface area contributed by atoms with Crippen LogP contribution in [0.5, 0.6) is 0 Å². The summed E-state index contributed by atoms with van der Waals surface area (Å²) in [6, 6.07) is 5.76. The van der Waals surface area contributed by atoms with Crippen LogP contribution in [-0.2, 0) is 4.79 Å². The van der Waals surface area contributed by atoms with Gasteiger partial charge in [0.25, 0.3) is 0 Å². The fourth-order valence-electron chi connectivity index (χ4n) is 1.65. The lowest BCUT2D eigenvalue weighted by Gasteiger charge is -2.08. The van der Waals surface area contributed by atoms with Gasteiger partial charge in [-0.15, -0.1) is 11.3 Å². The number of carbonyl (C=O) groups is 1. The van der Waals surface area contributed by atoms with E-state index in [1.807, 2.05) is 18.2 Å². The van der Waals surface area contributed by atoms with E-state index >= 15 is 0 Å². The van der Waals surface area contributed by atoms with E-state index in [-0.39, 0.29) is 5.91 Å². The maximum atomic E-state index is 11.7. The van der Waals surface area contributed by atoms with E-state index in [1.54, 1.807) is 16.8 Å². The zero-order valence-corrected chi connectivity index (χ0v) is 11.2. The second-order valence-electron chi connectivity index (χ2n) is 4.46. The lowest BCUT2D eigenvalue weighted by Crippen LogP contribution is -2.16. The number of fused-ring (bicyclic) bond motifs is 1. The maximum Gasteiger partial charge on any atom is 0.224 e. The van der Waals surface area contributed by atoms with Crippen molar-refractivity contribution < 1.29 is 4.79 Å². The Morgan fingerprint density at radius 2 is 2.39 bits per heavy atom. The molecule has 1 heterocycles. The summed E-state index contributed by atoms with van der Waals surface area (Å²) in [6.45, 7) is 2.68. The quantitative estimate of drug-likeness (QED) is 0.871. The lowest BCUT2D eigenvalue weighted by atomic mass is 10.1. The first kappa shape index (κ1) is 13.0. The highest BCUT2D eigenvalue weighted by Gasteiger charge is 2.06. The van der Waals surface area contributed by atoms with E-state index in [1.165, 1.54) is 0 Å². The molecular weight excluding hydrogens is 246 g/mol. The molecule has 4 nitrogen and oxygen atoms in total. The normalized spacial score (nSPS) is 12.6. The van der Waals surface area contributed by atoms with Gasteiger partial charge in [-0.25, -0.2) is 4.98 Å². The van der Waals surface area contributed by atoms with Gasteiger partial charge in [0.2, 0.25) is 5.91 Å². The standard InChI is InChI=1S/C13H17N3OS/c1-9(7-14)2-5-13(17)16-10-3-4-11-12(6-10)18-8-15-11/h3-4,6,8-9H,2,5,7,14H2,1H3,(H,16,17). The van der Waals surface area contributed by atoms with Crippen LogP contribution < -0.4 is 11.1 Å². The Kier molecular flexibility index (Phi) is 4.28. The largest absolute Gasteiger partial charge is 0.330 e. The first-order valence-electron chi connectivity index (χ1n) is 6.02. The Labute approximate surface area is 110 Å². The zero-order chi connectivity index (χ0) is 13.0. The van der Waals surface area contributed by atoms with Crippen molar-refractivity contribution in [1.82, 2.24) is 4.98 Å². The smallest absolute Gasteiger partial charge is 0.224 e. The molecule has 96 valence electrons. The average Bonchev–Trinajstić information content (AvgIpc) is 2.83. The summed E-state index contributed by atoms with van der Waals surface area (Å²) in [5, 5.41) is 2.90. The molecule has 0 aliphatic heterocycles. The average molecular weight is 263 g/mol. The van der Waals surface area contributed by atoms with E-state index < -0.39 is 0 Å². The third-order valence-corrected chi connectivity index (χ3v) is 3.67. The van der Waals surface area contributed by atoms with E-state index in [0.29, 0.717) is 18.9 Å². The van der Waals surface area contributed by atoms with Crippen molar-refractivity contribution in [1.29, 1.82) is 0 Å². The van der Waals surface area contributed by atoms with Gasteiger partial charge in [-0.05, 0) is 37.1 Å².